The number of nitrogens with zero attached hydrogens (tertiary/aromatic N) is 1. The van der Waals surface area contributed by atoms with E-state index < -0.39 is 5.82 Å². The molecule has 3 nitrogen and oxygen atoms in total. The monoisotopic (exact) mass is 152 g/mol. The van der Waals surface area contributed by atoms with Gasteiger partial charge in [0.05, 0.1) is 11.9 Å². The molecule has 0 fully saturated rings. The van der Waals surface area contributed by atoms with Gasteiger partial charge in [0.2, 0.25) is 0 Å². The molecule has 4 heteroatoms. The number of rotatable bonds is 0. The molecule has 1 aromatic carbocycles. The lowest BCUT2D eigenvalue weighted by Gasteiger charge is -1.92. The van der Waals surface area contributed by atoms with Crippen LogP contribution in [0.3, 0.4) is 0 Å². The van der Waals surface area contributed by atoms with Crippen LogP contribution < -0.4 is 5.73 Å². The van der Waals surface area contributed by atoms with Gasteiger partial charge in [-0.15, -0.1) is 0 Å². The molecule has 0 aliphatic rings. The Hall–Kier alpha value is -1.58. The first-order chi connectivity index (χ1) is 5.27. The van der Waals surface area contributed by atoms with Crippen LogP contribution in [0.1, 0.15) is 0 Å². The van der Waals surface area contributed by atoms with Crippen LogP contribution in [0.2, 0.25) is 0 Å². The van der Waals surface area contributed by atoms with Crippen molar-refractivity contribution >= 4 is 16.7 Å². The summed E-state index contributed by atoms with van der Waals surface area (Å²) in [7, 11) is 0. The number of halogens is 1. The lowest BCUT2D eigenvalue weighted by Crippen LogP contribution is -1.88. The summed E-state index contributed by atoms with van der Waals surface area (Å²) in [6.07, 6.45) is 1.44. The van der Waals surface area contributed by atoms with E-state index in [1.807, 2.05) is 0 Å². The summed E-state index contributed by atoms with van der Waals surface area (Å²) in [5.41, 5.74) is 5.86. The maximum Gasteiger partial charge on any atom is 0.169 e. The molecule has 0 bridgehead atoms. The first-order valence-electron chi connectivity index (χ1n) is 3.07. The fourth-order valence-electron chi connectivity index (χ4n) is 0.904. The second kappa shape index (κ2) is 1.95. The van der Waals surface area contributed by atoms with E-state index in [1.54, 1.807) is 0 Å². The molecule has 1 aromatic heterocycles. The molecule has 0 saturated carbocycles. The maximum absolute atomic E-state index is 12.7. The number of hydrogen-bond acceptors (Lipinski definition) is 3. The molecular formula is C7H5FN2O. The fraction of sp³-hybridized carbons (Fsp3) is 0. The second-order valence-electron chi connectivity index (χ2n) is 2.24. The number of nitrogens with two attached hydrogens (primary N) is 1. The summed E-state index contributed by atoms with van der Waals surface area (Å²) >= 11 is 0. The van der Waals surface area contributed by atoms with Crippen molar-refractivity contribution in [1.29, 1.82) is 0 Å². The Morgan fingerprint density at radius 1 is 1.45 bits per heavy atom. The molecule has 0 amide bonds. The van der Waals surface area contributed by atoms with E-state index in [4.69, 9.17) is 10.3 Å². The van der Waals surface area contributed by atoms with Crippen molar-refractivity contribution in [3.8, 4) is 0 Å². The predicted molar refractivity (Wildman–Crippen MR) is 38.4 cm³/mol. The summed E-state index contributed by atoms with van der Waals surface area (Å²) < 4.78 is 17.5. The van der Waals surface area contributed by atoms with Crippen LogP contribution in [0.15, 0.2) is 22.9 Å². The number of aromatic nitrogens is 1. The van der Waals surface area contributed by atoms with Gasteiger partial charge in [0.1, 0.15) is 5.82 Å². The van der Waals surface area contributed by atoms with Crippen LogP contribution in [-0.2, 0) is 0 Å². The summed E-state index contributed by atoms with van der Waals surface area (Å²) in [6, 6.07) is 2.71. The Morgan fingerprint density at radius 3 is 3.09 bits per heavy atom. The van der Waals surface area contributed by atoms with E-state index in [0.29, 0.717) is 11.0 Å². The van der Waals surface area contributed by atoms with Crippen molar-refractivity contribution < 1.29 is 8.91 Å². The highest BCUT2D eigenvalue weighted by Gasteiger charge is 2.03. The molecule has 1 heterocycles. The molecular weight excluding hydrogens is 147 g/mol. The number of hydrogen-bond donors (Lipinski definition) is 1. The summed E-state index contributed by atoms with van der Waals surface area (Å²) in [4.78, 5) is 0. The van der Waals surface area contributed by atoms with Gasteiger partial charge in [0, 0.05) is 11.5 Å². The van der Waals surface area contributed by atoms with E-state index in [1.165, 1.54) is 18.3 Å². The molecule has 0 unspecified atom stereocenters. The SMILES string of the molecule is Nc1cc2oncc2cc1F. The highest BCUT2D eigenvalue weighted by Crippen LogP contribution is 2.19. The lowest BCUT2D eigenvalue weighted by molar-refractivity contribution is 0.456. The maximum atomic E-state index is 12.7. The summed E-state index contributed by atoms with van der Waals surface area (Å²) in [5.74, 6) is -0.444. The quantitative estimate of drug-likeness (QED) is 0.582. The number of anilines is 1. The first-order valence-corrected chi connectivity index (χ1v) is 3.07. The predicted octanol–water partition coefficient (Wildman–Crippen LogP) is 1.55. The average Bonchev–Trinajstić information content (AvgIpc) is 2.36. The van der Waals surface area contributed by atoms with Crippen LogP contribution in [0, 0.1) is 5.82 Å². The molecule has 56 valence electrons. The molecule has 0 aliphatic heterocycles. The van der Waals surface area contributed by atoms with Crippen LogP contribution >= 0.6 is 0 Å². The van der Waals surface area contributed by atoms with Gasteiger partial charge in [-0.1, -0.05) is 5.16 Å². The molecule has 11 heavy (non-hydrogen) atoms. The number of benzene rings is 1. The summed E-state index contributed by atoms with van der Waals surface area (Å²) in [5, 5.41) is 4.11. The largest absolute Gasteiger partial charge is 0.396 e. The zero-order valence-corrected chi connectivity index (χ0v) is 5.54. The molecule has 2 aromatic rings. The van der Waals surface area contributed by atoms with Crippen LogP contribution in [-0.4, -0.2) is 5.16 Å². The molecule has 2 rings (SSSR count). The lowest BCUT2D eigenvalue weighted by atomic mass is 10.2. The van der Waals surface area contributed by atoms with Gasteiger partial charge in [-0.05, 0) is 6.07 Å². The van der Waals surface area contributed by atoms with Crippen molar-refractivity contribution in [2.24, 2.45) is 0 Å². The van der Waals surface area contributed by atoms with Crippen LogP contribution in [0.25, 0.3) is 11.0 Å². The average molecular weight is 152 g/mol. The van der Waals surface area contributed by atoms with E-state index in [2.05, 4.69) is 5.16 Å². The smallest absolute Gasteiger partial charge is 0.169 e. The Kier molecular flexibility index (Phi) is 1.09. The van der Waals surface area contributed by atoms with E-state index in [9.17, 15) is 4.39 Å². The van der Waals surface area contributed by atoms with Crippen LogP contribution in [0.4, 0.5) is 10.1 Å². The third-order valence-electron chi connectivity index (χ3n) is 1.47. The van der Waals surface area contributed by atoms with Crippen molar-refractivity contribution in [1.82, 2.24) is 5.16 Å². The van der Waals surface area contributed by atoms with Gasteiger partial charge in [-0.2, -0.15) is 0 Å². The third kappa shape index (κ3) is 0.832. The minimum atomic E-state index is -0.444. The molecule has 2 N–H and O–H groups in total. The zero-order chi connectivity index (χ0) is 7.84. The molecule has 0 atom stereocenters. The topological polar surface area (TPSA) is 52.0 Å². The summed E-state index contributed by atoms with van der Waals surface area (Å²) in [6.45, 7) is 0. The van der Waals surface area contributed by atoms with Gasteiger partial charge >= 0.3 is 0 Å². The Balaban J connectivity index is 2.86. The standard InChI is InChI=1S/C7H5FN2O/c8-5-1-4-3-10-11-7(4)2-6(5)9/h1-3H,9H2. The van der Waals surface area contributed by atoms with E-state index in [-0.39, 0.29) is 5.69 Å². The first kappa shape index (κ1) is 6.15. The fourth-order valence-corrected chi connectivity index (χ4v) is 0.904. The molecule has 0 radical (unpaired) electrons. The van der Waals surface area contributed by atoms with Gasteiger partial charge < -0.3 is 10.3 Å². The minimum absolute atomic E-state index is 0.0780. The van der Waals surface area contributed by atoms with Crippen LogP contribution in [0.5, 0.6) is 0 Å². The van der Waals surface area contributed by atoms with Gasteiger partial charge in [0.25, 0.3) is 0 Å². The number of fused-ring (bicyclic) bond motifs is 1. The molecule has 0 spiro atoms. The minimum Gasteiger partial charge on any atom is -0.396 e. The Bertz CT molecular complexity index is 360. The van der Waals surface area contributed by atoms with Gasteiger partial charge in [-0.3, -0.25) is 0 Å². The van der Waals surface area contributed by atoms with Crippen molar-refractivity contribution in [2.45, 2.75) is 0 Å². The van der Waals surface area contributed by atoms with Crippen molar-refractivity contribution in [2.75, 3.05) is 5.73 Å². The normalized spacial score (nSPS) is 10.6. The molecule has 0 aliphatic carbocycles. The third-order valence-corrected chi connectivity index (χ3v) is 1.47. The second-order valence-corrected chi connectivity index (χ2v) is 2.24. The molecule has 0 saturated heterocycles. The van der Waals surface area contributed by atoms with E-state index in [0.717, 1.165) is 0 Å². The Labute approximate surface area is 61.6 Å². The Morgan fingerprint density at radius 2 is 2.27 bits per heavy atom. The number of nitrogen functional groups attached to an aromatic ring is 1. The van der Waals surface area contributed by atoms with Crippen molar-refractivity contribution in [3.63, 3.8) is 0 Å². The highest BCUT2D eigenvalue weighted by atomic mass is 19.1. The van der Waals surface area contributed by atoms with Crippen molar-refractivity contribution in [3.05, 3.63) is 24.1 Å². The van der Waals surface area contributed by atoms with E-state index >= 15 is 0 Å². The van der Waals surface area contributed by atoms with Gasteiger partial charge in [0.15, 0.2) is 5.58 Å². The highest BCUT2D eigenvalue weighted by molar-refractivity contribution is 5.79. The zero-order valence-electron chi connectivity index (χ0n) is 5.54. The van der Waals surface area contributed by atoms with Gasteiger partial charge in [-0.25, -0.2) is 4.39 Å².